The highest BCUT2D eigenvalue weighted by Crippen LogP contribution is 2.09. The van der Waals surface area contributed by atoms with Crippen molar-refractivity contribution in [3.63, 3.8) is 0 Å². The first-order chi connectivity index (χ1) is 6.74. The molecule has 0 spiro atoms. The van der Waals surface area contributed by atoms with Crippen molar-refractivity contribution in [2.45, 2.75) is 13.3 Å². The van der Waals surface area contributed by atoms with Crippen LogP contribution in [0.5, 0.6) is 0 Å². The molecule has 74 valence electrons. The first kappa shape index (κ1) is 10.3. The zero-order valence-electron chi connectivity index (χ0n) is 8.03. The van der Waals surface area contributed by atoms with Gasteiger partial charge in [-0.25, -0.2) is 0 Å². The predicted octanol–water partition coefficient (Wildman–Crippen LogP) is 2.65. The minimum Gasteiger partial charge on any atom is -0.481 e. The van der Waals surface area contributed by atoms with E-state index in [1.165, 1.54) is 10.9 Å². The van der Waals surface area contributed by atoms with Crippen molar-refractivity contribution in [1.29, 1.82) is 0 Å². The van der Waals surface area contributed by atoms with Crippen LogP contribution in [0.2, 0.25) is 0 Å². The van der Waals surface area contributed by atoms with Crippen LogP contribution >= 0.6 is 0 Å². The molecule has 0 atom stereocenters. The topological polar surface area (TPSA) is 53.1 Å². The second-order valence-electron chi connectivity index (χ2n) is 2.81. The smallest absolute Gasteiger partial charge is 0.303 e. The number of nitrogens with one attached hydrogen (secondary N) is 1. The van der Waals surface area contributed by atoms with E-state index in [1.54, 1.807) is 6.92 Å². The number of aromatic amines is 1. The van der Waals surface area contributed by atoms with E-state index in [0.29, 0.717) is 0 Å². The lowest BCUT2D eigenvalue weighted by Gasteiger charge is -1.83. The van der Waals surface area contributed by atoms with Crippen molar-refractivity contribution in [3.05, 3.63) is 36.5 Å². The van der Waals surface area contributed by atoms with Gasteiger partial charge in [0.25, 0.3) is 0 Å². The zero-order valence-corrected chi connectivity index (χ0v) is 8.03. The second-order valence-corrected chi connectivity index (χ2v) is 2.81. The Hall–Kier alpha value is -1.77. The molecule has 1 aromatic carbocycles. The molecule has 2 rings (SSSR count). The number of fused-ring (bicyclic) bond motifs is 1. The lowest BCUT2D eigenvalue weighted by atomic mass is 10.3. The Morgan fingerprint density at radius 1 is 1.36 bits per heavy atom. The van der Waals surface area contributed by atoms with Crippen molar-refractivity contribution in [2.24, 2.45) is 0 Å². The van der Waals surface area contributed by atoms with E-state index in [0.717, 1.165) is 0 Å². The van der Waals surface area contributed by atoms with E-state index in [1.807, 2.05) is 18.3 Å². The molecule has 0 amide bonds. The van der Waals surface area contributed by atoms with Crippen LogP contribution in [0.25, 0.3) is 10.9 Å². The van der Waals surface area contributed by atoms with Crippen LogP contribution in [0, 0.1) is 0 Å². The summed E-state index contributed by atoms with van der Waals surface area (Å²) in [6, 6.07) is 10.3. The summed E-state index contributed by atoms with van der Waals surface area (Å²) in [6.45, 7) is 1.60. The van der Waals surface area contributed by atoms with Crippen LogP contribution < -0.4 is 0 Å². The maximum atomic E-state index is 9.37. The molecule has 2 aromatic rings. The summed E-state index contributed by atoms with van der Waals surface area (Å²) >= 11 is 0. The van der Waals surface area contributed by atoms with Crippen molar-refractivity contribution in [3.8, 4) is 0 Å². The van der Waals surface area contributed by atoms with Gasteiger partial charge >= 0.3 is 5.97 Å². The molecule has 3 nitrogen and oxygen atoms in total. The average molecular weight is 191 g/mol. The van der Waals surface area contributed by atoms with Gasteiger partial charge in [0, 0.05) is 18.1 Å². The summed E-state index contributed by atoms with van der Waals surface area (Å²) in [6.07, 6.45) is 2.17. The molecule has 3 heteroatoms. The molecule has 0 unspecified atom stereocenters. The monoisotopic (exact) mass is 191 g/mol. The summed E-state index contributed by atoms with van der Waals surface area (Å²) in [5.74, 6) is -0.745. The van der Waals surface area contributed by atoms with E-state index in [-0.39, 0.29) is 6.42 Å². The molecule has 0 aliphatic heterocycles. The molecule has 0 radical (unpaired) electrons. The summed E-state index contributed by atoms with van der Waals surface area (Å²) in [7, 11) is 0. The van der Waals surface area contributed by atoms with Crippen LogP contribution in [0.15, 0.2) is 36.5 Å². The van der Waals surface area contributed by atoms with Crippen molar-refractivity contribution in [1.82, 2.24) is 4.98 Å². The normalized spacial score (nSPS) is 9.21. The Morgan fingerprint density at radius 3 is 2.57 bits per heavy atom. The van der Waals surface area contributed by atoms with Crippen LogP contribution in [0.4, 0.5) is 0 Å². The molecule has 2 N–H and O–H groups in total. The number of benzene rings is 1. The third kappa shape index (κ3) is 2.94. The first-order valence-corrected chi connectivity index (χ1v) is 4.48. The zero-order chi connectivity index (χ0) is 10.4. The maximum absolute atomic E-state index is 9.37. The SMILES string of the molecule is CCC(=O)O.c1ccc2[nH]ccc2c1. The highest BCUT2D eigenvalue weighted by Gasteiger charge is 1.86. The van der Waals surface area contributed by atoms with Gasteiger partial charge in [0.05, 0.1) is 0 Å². The van der Waals surface area contributed by atoms with Gasteiger partial charge in [0.2, 0.25) is 0 Å². The van der Waals surface area contributed by atoms with Crippen LogP contribution in [-0.4, -0.2) is 16.1 Å². The van der Waals surface area contributed by atoms with Gasteiger partial charge in [-0.3, -0.25) is 4.79 Å². The summed E-state index contributed by atoms with van der Waals surface area (Å²) in [4.78, 5) is 12.5. The number of carboxylic acids is 1. The molecule has 0 saturated carbocycles. The molecule has 0 aliphatic rings. The molecule has 0 saturated heterocycles. The third-order valence-electron chi connectivity index (χ3n) is 1.76. The molecule has 14 heavy (non-hydrogen) atoms. The quantitative estimate of drug-likeness (QED) is 0.728. The van der Waals surface area contributed by atoms with Crippen molar-refractivity contribution in [2.75, 3.05) is 0 Å². The number of para-hydroxylation sites is 1. The fraction of sp³-hybridized carbons (Fsp3) is 0.182. The molecular formula is C11H13NO2. The Labute approximate surface area is 82.4 Å². The molecule has 1 aromatic heterocycles. The molecule has 0 fully saturated rings. The van der Waals surface area contributed by atoms with E-state index >= 15 is 0 Å². The van der Waals surface area contributed by atoms with Gasteiger partial charge in [-0.2, -0.15) is 0 Å². The summed E-state index contributed by atoms with van der Waals surface area (Å²) in [5.41, 5.74) is 1.21. The molecular weight excluding hydrogens is 178 g/mol. The maximum Gasteiger partial charge on any atom is 0.303 e. The summed E-state index contributed by atoms with van der Waals surface area (Å²) < 4.78 is 0. The first-order valence-electron chi connectivity index (χ1n) is 4.48. The Balaban J connectivity index is 0.000000171. The van der Waals surface area contributed by atoms with E-state index in [2.05, 4.69) is 23.2 Å². The minimum absolute atomic E-state index is 0.222. The molecule has 1 heterocycles. The van der Waals surface area contributed by atoms with E-state index < -0.39 is 5.97 Å². The van der Waals surface area contributed by atoms with Gasteiger partial charge in [0.15, 0.2) is 0 Å². The molecule has 0 aliphatic carbocycles. The predicted molar refractivity (Wildman–Crippen MR) is 56.2 cm³/mol. The Morgan fingerprint density at radius 2 is 2.00 bits per heavy atom. The van der Waals surface area contributed by atoms with Gasteiger partial charge in [-0.05, 0) is 17.5 Å². The number of carbonyl (C=O) groups is 1. The number of carboxylic acid groups (broad SMARTS) is 1. The van der Waals surface area contributed by atoms with Crippen LogP contribution in [0.1, 0.15) is 13.3 Å². The second kappa shape index (κ2) is 5.07. The molecule has 0 bridgehead atoms. The van der Waals surface area contributed by atoms with Gasteiger partial charge in [-0.15, -0.1) is 0 Å². The standard InChI is InChI=1S/C8H7N.C3H6O2/c1-2-4-8-7(3-1)5-6-9-8;1-2-3(4)5/h1-6,9H;2H2,1H3,(H,4,5). The highest BCUT2D eigenvalue weighted by atomic mass is 16.4. The number of aromatic nitrogens is 1. The largest absolute Gasteiger partial charge is 0.481 e. The Bertz CT molecular complexity index is 376. The van der Waals surface area contributed by atoms with Gasteiger partial charge in [0.1, 0.15) is 0 Å². The van der Waals surface area contributed by atoms with Crippen LogP contribution in [-0.2, 0) is 4.79 Å². The lowest BCUT2D eigenvalue weighted by Crippen LogP contribution is -1.86. The van der Waals surface area contributed by atoms with Gasteiger partial charge in [-0.1, -0.05) is 25.1 Å². The third-order valence-corrected chi connectivity index (χ3v) is 1.76. The Kier molecular flexibility index (Phi) is 3.73. The number of rotatable bonds is 1. The van der Waals surface area contributed by atoms with Crippen LogP contribution in [0.3, 0.4) is 0 Å². The van der Waals surface area contributed by atoms with E-state index in [9.17, 15) is 4.79 Å². The number of H-pyrrole nitrogens is 1. The fourth-order valence-electron chi connectivity index (χ4n) is 0.995. The fourth-order valence-corrected chi connectivity index (χ4v) is 0.995. The average Bonchev–Trinajstić information content (AvgIpc) is 2.66. The van der Waals surface area contributed by atoms with E-state index in [4.69, 9.17) is 5.11 Å². The van der Waals surface area contributed by atoms with Gasteiger partial charge < -0.3 is 10.1 Å². The van der Waals surface area contributed by atoms with Crippen molar-refractivity contribution >= 4 is 16.9 Å². The lowest BCUT2D eigenvalue weighted by molar-refractivity contribution is -0.136. The summed E-state index contributed by atoms with van der Waals surface area (Å²) in [5, 5.41) is 9.00. The van der Waals surface area contributed by atoms with Crippen molar-refractivity contribution < 1.29 is 9.90 Å². The number of hydrogen-bond donors (Lipinski definition) is 2. The number of aliphatic carboxylic acids is 1. The minimum atomic E-state index is -0.745. The highest BCUT2D eigenvalue weighted by molar-refractivity contribution is 5.78. The number of hydrogen-bond acceptors (Lipinski definition) is 1.